The minimum atomic E-state index is -1.06. The number of hydrogen-bond acceptors (Lipinski definition) is 4. The Morgan fingerprint density at radius 2 is 2.18 bits per heavy atom. The Morgan fingerprint density at radius 3 is 2.82 bits per heavy atom. The second-order valence-electron chi connectivity index (χ2n) is 3.76. The average molecular weight is 252 g/mol. The Morgan fingerprint density at radius 1 is 1.41 bits per heavy atom. The number of benzene rings is 1. The summed E-state index contributed by atoms with van der Waals surface area (Å²) in [5.41, 5.74) is 0.487. The molecule has 0 saturated heterocycles. The summed E-state index contributed by atoms with van der Waals surface area (Å²) in [5, 5.41) is 9.14. The van der Waals surface area contributed by atoms with Crippen LogP contribution in [-0.4, -0.2) is 29.2 Å². The largest absolute Gasteiger partial charge is 0.491 e. The number of hydrogen-bond donors (Lipinski definition) is 1. The van der Waals surface area contributed by atoms with Crippen molar-refractivity contribution in [3.8, 4) is 5.75 Å². The second-order valence-corrected chi connectivity index (χ2v) is 4.90. The number of carboxylic acid groups (broad SMARTS) is 1. The lowest BCUT2D eigenvalue weighted by Crippen LogP contribution is -2.06. The van der Waals surface area contributed by atoms with E-state index in [1.54, 1.807) is 6.07 Å². The SMILES string of the molecule is CC(=O)c1cc2c(c(C(=O)O)c1)OCCCS2. The molecule has 0 fully saturated rings. The van der Waals surface area contributed by atoms with Crippen LogP contribution in [-0.2, 0) is 0 Å². The van der Waals surface area contributed by atoms with Crippen LogP contribution in [0.1, 0.15) is 34.1 Å². The first kappa shape index (κ1) is 12.0. The molecule has 0 aliphatic carbocycles. The van der Waals surface area contributed by atoms with Crippen LogP contribution >= 0.6 is 11.8 Å². The topological polar surface area (TPSA) is 63.6 Å². The molecule has 1 aromatic carbocycles. The summed E-state index contributed by atoms with van der Waals surface area (Å²) in [6.07, 6.45) is 0.869. The molecule has 90 valence electrons. The van der Waals surface area contributed by atoms with E-state index in [0.717, 1.165) is 17.1 Å². The van der Waals surface area contributed by atoms with E-state index in [4.69, 9.17) is 9.84 Å². The Balaban J connectivity index is 2.59. The number of ketones is 1. The van der Waals surface area contributed by atoms with E-state index < -0.39 is 5.97 Å². The summed E-state index contributed by atoms with van der Waals surface area (Å²) in [7, 11) is 0. The summed E-state index contributed by atoms with van der Waals surface area (Å²) in [6, 6.07) is 3.09. The molecule has 1 aliphatic rings. The monoisotopic (exact) mass is 252 g/mol. The number of carbonyl (C=O) groups is 2. The van der Waals surface area contributed by atoms with Crippen LogP contribution in [0.25, 0.3) is 0 Å². The van der Waals surface area contributed by atoms with Gasteiger partial charge in [0.1, 0.15) is 11.3 Å². The van der Waals surface area contributed by atoms with E-state index in [0.29, 0.717) is 17.9 Å². The highest BCUT2D eigenvalue weighted by molar-refractivity contribution is 7.99. The zero-order valence-corrected chi connectivity index (χ0v) is 10.2. The summed E-state index contributed by atoms with van der Waals surface area (Å²) >= 11 is 1.53. The van der Waals surface area contributed by atoms with Crippen molar-refractivity contribution in [2.45, 2.75) is 18.2 Å². The highest BCUT2D eigenvalue weighted by Crippen LogP contribution is 2.36. The second kappa shape index (κ2) is 4.79. The highest BCUT2D eigenvalue weighted by Gasteiger charge is 2.21. The molecule has 0 unspecified atom stereocenters. The molecule has 0 aromatic heterocycles. The van der Waals surface area contributed by atoms with Gasteiger partial charge in [-0.1, -0.05) is 0 Å². The van der Waals surface area contributed by atoms with E-state index in [9.17, 15) is 9.59 Å². The Labute approximate surface area is 103 Å². The van der Waals surface area contributed by atoms with Gasteiger partial charge in [-0.25, -0.2) is 4.79 Å². The van der Waals surface area contributed by atoms with Gasteiger partial charge in [-0.2, -0.15) is 0 Å². The number of rotatable bonds is 2. The first-order chi connectivity index (χ1) is 8.09. The van der Waals surface area contributed by atoms with Crippen LogP contribution in [0.2, 0.25) is 0 Å². The molecule has 1 N–H and O–H groups in total. The van der Waals surface area contributed by atoms with Gasteiger partial charge in [0.15, 0.2) is 5.78 Å². The summed E-state index contributed by atoms with van der Waals surface area (Å²) in [6.45, 7) is 1.94. The molecule has 1 heterocycles. The van der Waals surface area contributed by atoms with E-state index >= 15 is 0 Å². The van der Waals surface area contributed by atoms with Gasteiger partial charge in [0.2, 0.25) is 0 Å². The third kappa shape index (κ3) is 2.44. The van der Waals surface area contributed by atoms with Gasteiger partial charge in [0, 0.05) is 11.3 Å². The minimum Gasteiger partial charge on any atom is -0.491 e. The molecule has 0 radical (unpaired) electrons. The zero-order valence-electron chi connectivity index (χ0n) is 9.36. The maximum Gasteiger partial charge on any atom is 0.339 e. The molecule has 0 amide bonds. The van der Waals surface area contributed by atoms with Crippen molar-refractivity contribution >= 4 is 23.5 Å². The van der Waals surface area contributed by atoms with Gasteiger partial charge < -0.3 is 9.84 Å². The van der Waals surface area contributed by atoms with Gasteiger partial charge in [-0.05, 0) is 25.5 Å². The van der Waals surface area contributed by atoms with Gasteiger partial charge in [-0.15, -0.1) is 11.8 Å². The number of fused-ring (bicyclic) bond motifs is 1. The number of thioether (sulfide) groups is 1. The fraction of sp³-hybridized carbons (Fsp3) is 0.333. The highest BCUT2D eigenvalue weighted by atomic mass is 32.2. The lowest BCUT2D eigenvalue weighted by Gasteiger charge is -2.11. The van der Waals surface area contributed by atoms with Crippen molar-refractivity contribution in [2.24, 2.45) is 0 Å². The van der Waals surface area contributed by atoms with Crippen LogP contribution in [0.5, 0.6) is 5.75 Å². The summed E-state index contributed by atoms with van der Waals surface area (Å²) in [4.78, 5) is 23.3. The van der Waals surface area contributed by atoms with Crippen molar-refractivity contribution in [2.75, 3.05) is 12.4 Å². The van der Waals surface area contributed by atoms with Crippen LogP contribution in [0.15, 0.2) is 17.0 Å². The molecule has 0 bridgehead atoms. The molecule has 17 heavy (non-hydrogen) atoms. The quantitative estimate of drug-likeness (QED) is 0.819. The van der Waals surface area contributed by atoms with Crippen molar-refractivity contribution in [1.29, 1.82) is 0 Å². The molecule has 1 aromatic rings. The van der Waals surface area contributed by atoms with E-state index in [2.05, 4.69) is 0 Å². The van der Waals surface area contributed by atoms with Crippen molar-refractivity contribution in [1.82, 2.24) is 0 Å². The minimum absolute atomic E-state index is 0.0714. The van der Waals surface area contributed by atoms with Crippen LogP contribution < -0.4 is 4.74 Å². The normalized spacial score (nSPS) is 14.4. The van der Waals surface area contributed by atoms with E-state index in [-0.39, 0.29) is 11.3 Å². The molecule has 0 saturated carbocycles. The van der Waals surface area contributed by atoms with Crippen LogP contribution in [0, 0.1) is 0 Å². The molecular formula is C12H12O4S. The van der Waals surface area contributed by atoms with Crippen molar-refractivity contribution in [3.05, 3.63) is 23.3 Å². The molecule has 1 aliphatic heterocycles. The molecule has 0 atom stereocenters. The molecule has 0 spiro atoms. The summed E-state index contributed by atoms with van der Waals surface area (Å²) < 4.78 is 5.46. The number of aromatic carboxylic acids is 1. The lowest BCUT2D eigenvalue weighted by atomic mass is 10.1. The number of carbonyl (C=O) groups excluding carboxylic acids is 1. The van der Waals surface area contributed by atoms with E-state index in [1.165, 1.54) is 24.8 Å². The molecule has 2 rings (SSSR count). The van der Waals surface area contributed by atoms with Gasteiger partial charge in [-0.3, -0.25) is 4.79 Å². The van der Waals surface area contributed by atoms with Crippen molar-refractivity contribution in [3.63, 3.8) is 0 Å². The number of carboxylic acids is 1. The molecule has 4 nitrogen and oxygen atoms in total. The first-order valence-electron chi connectivity index (χ1n) is 5.27. The van der Waals surface area contributed by atoms with Gasteiger partial charge >= 0.3 is 5.97 Å². The Kier molecular flexibility index (Phi) is 3.38. The fourth-order valence-corrected chi connectivity index (χ4v) is 2.63. The molecule has 5 heteroatoms. The molecular weight excluding hydrogens is 240 g/mol. The fourth-order valence-electron chi connectivity index (χ4n) is 1.64. The van der Waals surface area contributed by atoms with Crippen LogP contribution in [0.4, 0.5) is 0 Å². The predicted octanol–water partition coefficient (Wildman–Crippen LogP) is 2.46. The third-order valence-corrected chi connectivity index (χ3v) is 3.59. The lowest BCUT2D eigenvalue weighted by molar-refractivity contribution is 0.0691. The van der Waals surface area contributed by atoms with Crippen LogP contribution in [0.3, 0.4) is 0 Å². The maximum absolute atomic E-state index is 11.3. The average Bonchev–Trinajstić information content (AvgIpc) is 2.51. The number of ether oxygens (including phenoxy) is 1. The Hall–Kier alpha value is -1.49. The number of Topliss-reactive ketones (excluding diaryl/α,β-unsaturated/α-hetero) is 1. The maximum atomic E-state index is 11.3. The third-order valence-electron chi connectivity index (χ3n) is 2.48. The first-order valence-corrected chi connectivity index (χ1v) is 6.26. The standard InChI is InChI=1S/C12H12O4S/c1-7(13)8-5-9(12(14)15)11-10(6-8)17-4-2-3-16-11/h5-6H,2-4H2,1H3,(H,14,15). The van der Waals surface area contributed by atoms with Gasteiger partial charge in [0.05, 0.1) is 11.5 Å². The Bertz CT molecular complexity index is 482. The van der Waals surface area contributed by atoms with Gasteiger partial charge in [0.25, 0.3) is 0 Å². The van der Waals surface area contributed by atoms with E-state index in [1.807, 2.05) is 0 Å². The summed E-state index contributed by atoms with van der Waals surface area (Å²) in [5.74, 6) is 0.0601. The predicted molar refractivity (Wildman–Crippen MR) is 64.2 cm³/mol. The smallest absolute Gasteiger partial charge is 0.339 e. The zero-order chi connectivity index (χ0) is 12.4. The van der Waals surface area contributed by atoms with Crippen molar-refractivity contribution < 1.29 is 19.4 Å².